The predicted molar refractivity (Wildman–Crippen MR) is 164 cm³/mol. The van der Waals surface area contributed by atoms with Crippen molar-refractivity contribution in [2.75, 3.05) is 30.0 Å². The van der Waals surface area contributed by atoms with Gasteiger partial charge in [0.1, 0.15) is 5.75 Å². The Morgan fingerprint density at radius 1 is 1.00 bits per heavy atom. The van der Waals surface area contributed by atoms with Crippen LogP contribution in [0.3, 0.4) is 0 Å². The van der Waals surface area contributed by atoms with Crippen LogP contribution in [-0.4, -0.2) is 67.8 Å². The standard InChI is InChI=1S/C32H38N8O3/c1-19-12-13-24(16-20(19)2)40-31(42)26(18-39-14-4-5-15-39)21(3)28(32(40)43)34-33-27-11-7-10-25(29(27)41)22-8-6-9-23(17-22)30-35-37-38-36-30/h7,10-13,16,22-23,33,41H,4-6,8-9,14-15,17-18H2,1-3H3,(H,35,36,37,38)/b34-28+. The van der Waals surface area contributed by atoms with Crippen LogP contribution in [-0.2, 0) is 9.59 Å². The molecule has 2 unspecified atom stereocenters. The Morgan fingerprint density at radius 2 is 1.79 bits per heavy atom. The quantitative estimate of drug-likeness (QED) is 0.207. The van der Waals surface area contributed by atoms with Crippen LogP contribution in [0.1, 0.15) is 79.8 Å². The minimum absolute atomic E-state index is 0.109. The molecule has 0 bridgehead atoms. The molecule has 2 amide bonds. The first-order valence-electron chi connectivity index (χ1n) is 15.1. The molecule has 11 heteroatoms. The molecule has 224 valence electrons. The average Bonchev–Trinajstić information content (AvgIpc) is 3.73. The van der Waals surface area contributed by atoms with E-state index in [2.05, 4.69) is 36.1 Å². The minimum atomic E-state index is -0.491. The lowest BCUT2D eigenvalue weighted by atomic mass is 9.77. The minimum Gasteiger partial charge on any atom is -0.505 e. The van der Waals surface area contributed by atoms with Gasteiger partial charge >= 0.3 is 0 Å². The molecule has 0 radical (unpaired) electrons. The maximum atomic E-state index is 13.9. The van der Waals surface area contributed by atoms with Crippen LogP contribution in [0.25, 0.3) is 0 Å². The van der Waals surface area contributed by atoms with Crippen molar-refractivity contribution in [2.45, 2.75) is 71.1 Å². The molecule has 1 saturated carbocycles. The monoisotopic (exact) mass is 582 g/mol. The van der Waals surface area contributed by atoms with Gasteiger partial charge in [-0.15, -0.1) is 5.10 Å². The van der Waals surface area contributed by atoms with Gasteiger partial charge in [-0.05, 0) is 123 Å². The van der Waals surface area contributed by atoms with Gasteiger partial charge in [-0.3, -0.25) is 19.9 Å². The molecule has 1 saturated heterocycles. The van der Waals surface area contributed by atoms with Crippen molar-refractivity contribution in [1.29, 1.82) is 0 Å². The molecule has 0 spiro atoms. The summed E-state index contributed by atoms with van der Waals surface area (Å²) in [4.78, 5) is 31.2. The number of aryl methyl sites for hydroxylation is 2. The number of rotatable bonds is 7. The molecule has 3 aromatic rings. The number of carbonyl (C=O) groups excluding carboxylic acids is 2. The molecule has 6 rings (SSSR count). The number of aromatic nitrogens is 4. The Hall–Kier alpha value is -4.38. The molecular weight excluding hydrogens is 544 g/mol. The van der Waals surface area contributed by atoms with E-state index in [4.69, 9.17) is 0 Å². The van der Waals surface area contributed by atoms with Crippen LogP contribution in [0, 0.1) is 13.8 Å². The van der Waals surface area contributed by atoms with Crippen LogP contribution in [0.2, 0.25) is 0 Å². The summed E-state index contributed by atoms with van der Waals surface area (Å²) < 4.78 is 0. The molecular formula is C32H38N8O3. The van der Waals surface area contributed by atoms with E-state index in [-0.39, 0.29) is 29.2 Å². The summed E-state index contributed by atoms with van der Waals surface area (Å²) in [5, 5.41) is 30.3. The number of H-pyrrole nitrogens is 1. The van der Waals surface area contributed by atoms with Crippen molar-refractivity contribution in [3.05, 3.63) is 70.1 Å². The fourth-order valence-electron chi connectivity index (χ4n) is 6.54. The van der Waals surface area contributed by atoms with E-state index < -0.39 is 5.91 Å². The highest BCUT2D eigenvalue weighted by atomic mass is 16.3. The number of nitrogens with zero attached hydrogens (tertiary/aromatic N) is 6. The van der Waals surface area contributed by atoms with Gasteiger partial charge in [0.15, 0.2) is 11.5 Å². The Balaban J connectivity index is 1.31. The van der Waals surface area contributed by atoms with E-state index in [1.165, 1.54) is 4.90 Å². The lowest BCUT2D eigenvalue weighted by Gasteiger charge is -2.31. The zero-order valence-electron chi connectivity index (χ0n) is 24.9. The van der Waals surface area contributed by atoms with Crippen molar-refractivity contribution in [3.63, 3.8) is 0 Å². The van der Waals surface area contributed by atoms with Crippen LogP contribution in [0.5, 0.6) is 5.75 Å². The zero-order chi connectivity index (χ0) is 30.1. The lowest BCUT2D eigenvalue weighted by Crippen LogP contribution is -2.49. The predicted octanol–water partition coefficient (Wildman–Crippen LogP) is 4.72. The SMILES string of the molecule is CC1=C(CN2CCCC2)C(=O)N(c2ccc(C)c(C)c2)C(=O)/C1=N/Nc1cccc(C2CCCC(c3nnn[nH]3)C2)c1O. The molecule has 2 atom stereocenters. The molecule has 2 fully saturated rings. The van der Waals surface area contributed by atoms with Crippen molar-refractivity contribution in [2.24, 2.45) is 5.10 Å². The van der Waals surface area contributed by atoms with Crippen molar-refractivity contribution in [3.8, 4) is 5.75 Å². The van der Waals surface area contributed by atoms with Crippen LogP contribution in [0.15, 0.2) is 52.6 Å². The molecule has 11 nitrogen and oxygen atoms in total. The number of nitrogens with one attached hydrogen (secondary N) is 2. The number of tetrazole rings is 1. The van der Waals surface area contributed by atoms with Gasteiger partial charge in [0.25, 0.3) is 11.8 Å². The molecule has 2 aliphatic heterocycles. The van der Waals surface area contributed by atoms with E-state index in [1.54, 1.807) is 19.1 Å². The number of amides is 2. The van der Waals surface area contributed by atoms with Crippen molar-refractivity contribution < 1.29 is 14.7 Å². The van der Waals surface area contributed by atoms with E-state index >= 15 is 0 Å². The third kappa shape index (κ3) is 5.69. The number of likely N-dealkylation sites (tertiary alicyclic amines) is 1. The van der Waals surface area contributed by atoms with Gasteiger partial charge in [0.05, 0.1) is 11.4 Å². The normalized spacial score (nSPS) is 22.6. The summed E-state index contributed by atoms with van der Waals surface area (Å²) in [6, 6.07) is 11.2. The second-order valence-electron chi connectivity index (χ2n) is 12.0. The molecule has 3 aliphatic rings. The second-order valence-corrected chi connectivity index (χ2v) is 12.0. The van der Waals surface area contributed by atoms with E-state index in [0.717, 1.165) is 74.1 Å². The summed E-state index contributed by atoms with van der Waals surface area (Å²) in [5.74, 6) is 0.403. The summed E-state index contributed by atoms with van der Waals surface area (Å²) in [6.45, 7) is 8.05. The van der Waals surface area contributed by atoms with E-state index in [9.17, 15) is 14.7 Å². The average molecular weight is 583 g/mol. The Bertz CT molecular complexity index is 1590. The Labute approximate surface area is 251 Å². The highest BCUT2D eigenvalue weighted by Gasteiger charge is 2.39. The first-order valence-corrected chi connectivity index (χ1v) is 15.1. The number of hydrogen-bond donors (Lipinski definition) is 3. The first-order chi connectivity index (χ1) is 20.8. The number of aromatic amines is 1. The molecule has 1 aliphatic carbocycles. The second kappa shape index (κ2) is 12.1. The largest absolute Gasteiger partial charge is 0.505 e. The van der Waals surface area contributed by atoms with Gasteiger partial charge in [-0.2, -0.15) is 5.10 Å². The number of benzene rings is 2. The highest BCUT2D eigenvalue weighted by molar-refractivity contribution is 6.57. The number of aromatic hydroxyl groups is 1. The topological polar surface area (TPSA) is 140 Å². The number of para-hydroxylation sites is 1. The summed E-state index contributed by atoms with van der Waals surface area (Å²) in [5.41, 5.74) is 8.09. The fourth-order valence-corrected chi connectivity index (χ4v) is 6.54. The number of phenols is 1. The van der Waals surface area contributed by atoms with Gasteiger partial charge in [0.2, 0.25) is 0 Å². The molecule has 43 heavy (non-hydrogen) atoms. The third-order valence-corrected chi connectivity index (χ3v) is 9.22. The van der Waals surface area contributed by atoms with Gasteiger partial charge < -0.3 is 5.11 Å². The van der Waals surface area contributed by atoms with Gasteiger partial charge in [-0.1, -0.05) is 24.6 Å². The Morgan fingerprint density at radius 3 is 2.53 bits per heavy atom. The maximum absolute atomic E-state index is 13.9. The first kappa shape index (κ1) is 28.7. The number of carbonyl (C=O) groups is 2. The smallest absolute Gasteiger partial charge is 0.286 e. The number of phenolic OH excluding ortho intramolecular Hbond substituents is 1. The molecule has 1 aromatic heterocycles. The summed E-state index contributed by atoms with van der Waals surface area (Å²) in [6.07, 6.45) is 5.93. The number of anilines is 2. The zero-order valence-corrected chi connectivity index (χ0v) is 24.9. The van der Waals surface area contributed by atoms with E-state index in [0.29, 0.717) is 29.1 Å². The maximum Gasteiger partial charge on any atom is 0.286 e. The molecule has 3 N–H and O–H groups in total. The van der Waals surface area contributed by atoms with Crippen molar-refractivity contribution >= 4 is 28.9 Å². The third-order valence-electron chi connectivity index (χ3n) is 9.22. The van der Waals surface area contributed by atoms with Gasteiger partial charge in [-0.25, -0.2) is 10.00 Å². The lowest BCUT2D eigenvalue weighted by molar-refractivity contribution is -0.121. The van der Waals surface area contributed by atoms with E-state index in [1.807, 2.05) is 38.1 Å². The van der Waals surface area contributed by atoms with Crippen LogP contribution >= 0.6 is 0 Å². The molecule has 2 aromatic carbocycles. The fraction of sp³-hybridized carbons (Fsp3) is 0.438. The number of hydrazone groups is 1. The van der Waals surface area contributed by atoms with Gasteiger partial charge in [0, 0.05) is 18.0 Å². The number of imide groups is 1. The molecule has 3 heterocycles. The Kier molecular flexibility index (Phi) is 8.07. The van der Waals surface area contributed by atoms with Crippen LogP contribution < -0.4 is 10.3 Å². The summed E-state index contributed by atoms with van der Waals surface area (Å²) in [7, 11) is 0. The number of hydrogen-bond acceptors (Lipinski definition) is 9. The van der Waals surface area contributed by atoms with Crippen LogP contribution in [0.4, 0.5) is 11.4 Å². The highest BCUT2D eigenvalue weighted by Crippen LogP contribution is 2.44. The van der Waals surface area contributed by atoms with Crippen molar-refractivity contribution in [1.82, 2.24) is 25.5 Å². The summed E-state index contributed by atoms with van der Waals surface area (Å²) >= 11 is 0.